The Morgan fingerprint density at radius 1 is 1.50 bits per heavy atom. The first-order valence-corrected chi connectivity index (χ1v) is 4.98. The van der Waals surface area contributed by atoms with Gasteiger partial charge in [-0.2, -0.15) is 0 Å². The molecule has 1 fully saturated rings. The van der Waals surface area contributed by atoms with Gasteiger partial charge in [-0.3, -0.25) is 4.79 Å². The zero-order valence-corrected chi connectivity index (χ0v) is 9.32. The second-order valence-corrected chi connectivity index (χ2v) is 4.03. The van der Waals surface area contributed by atoms with Gasteiger partial charge >= 0.3 is 0 Å². The van der Waals surface area contributed by atoms with Crippen LogP contribution in [0.15, 0.2) is 0 Å². The molecule has 4 nitrogen and oxygen atoms in total. The second kappa shape index (κ2) is 4.75. The number of nitrogens with zero attached hydrogens (tertiary/aromatic N) is 1. The molecule has 0 bridgehead atoms. The minimum atomic E-state index is -0.00301. The van der Waals surface area contributed by atoms with Gasteiger partial charge in [0, 0.05) is 20.5 Å². The normalized spacial score (nSPS) is 31.9. The summed E-state index contributed by atoms with van der Waals surface area (Å²) in [5.41, 5.74) is 0. The molecule has 0 aromatic rings. The van der Waals surface area contributed by atoms with Crippen molar-refractivity contribution in [2.75, 3.05) is 20.7 Å². The van der Waals surface area contributed by atoms with E-state index in [9.17, 15) is 4.79 Å². The van der Waals surface area contributed by atoms with E-state index < -0.39 is 0 Å². The predicted molar refractivity (Wildman–Crippen MR) is 53.1 cm³/mol. The van der Waals surface area contributed by atoms with Gasteiger partial charge in [-0.1, -0.05) is 0 Å². The van der Waals surface area contributed by atoms with E-state index in [0.717, 1.165) is 6.42 Å². The van der Waals surface area contributed by atoms with Crippen molar-refractivity contribution in [1.82, 2.24) is 4.90 Å². The molecule has 1 heterocycles. The highest BCUT2D eigenvalue weighted by molar-refractivity contribution is 5.76. The zero-order chi connectivity index (χ0) is 10.7. The summed E-state index contributed by atoms with van der Waals surface area (Å²) in [6.07, 6.45) is 1.28. The van der Waals surface area contributed by atoms with Crippen LogP contribution >= 0.6 is 0 Å². The standard InChI is InChI=1S/C10H19NO3/c1-7-5-9(8(2)14-7)13-6-10(12)11(3)4/h7-9H,5-6H2,1-4H3/t7?,8-,9-/m1/s1. The number of likely N-dealkylation sites (N-methyl/N-ethyl adjacent to an activating group) is 1. The van der Waals surface area contributed by atoms with Crippen LogP contribution in [-0.4, -0.2) is 49.8 Å². The lowest BCUT2D eigenvalue weighted by atomic mass is 10.2. The summed E-state index contributed by atoms with van der Waals surface area (Å²) in [7, 11) is 3.45. The van der Waals surface area contributed by atoms with Gasteiger partial charge in [-0.15, -0.1) is 0 Å². The van der Waals surface area contributed by atoms with E-state index in [4.69, 9.17) is 9.47 Å². The number of rotatable bonds is 3. The molecule has 1 aliphatic heterocycles. The van der Waals surface area contributed by atoms with Crippen LogP contribution in [0.1, 0.15) is 20.3 Å². The number of amides is 1. The van der Waals surface area contributed by atoms with Gasteiger partial charge < -0.3 is 14.4 Å². The van der Waals surface area contributed by atoms with Crippen LogP contribution < -0.4 is 0 Å². The second-order valence-electron chi connectivity index (χ2n) is 4.03. The molecule has 0 aromatic carbocycles. The largest absolute Gasteiger partial charge is 0.373 e. The van der Waals surface area contributed by atoms with E-state index in [1.54, 1.807) is 14.1 Å². The van der Waals surface area contributed by atoms with Gasteiger partial charge in [0.1, 0.15) is 6.61 Å². The van der Waals surface area contributed by atoms with Crippen LogP contribution in [0.3, 0.4) is 0 Å². The molecular weight excluding hydrogens is 182 g/mol. The molecule has 1 unspecified atom stereocenters. The summed E-state index contributed by atoms with van der Waals surface area (Å²) in [4.78, 5) is 12.8. The fourth-order valence-electron chi connectivity index (χ4n) is 1.54. The Bertz CT molecular complexity index is 206. The van der Waals surface area contributed by atoms with Crippen molar-refractivity contribution in [3.63, 3.8) is 0 Å². The Labute approximate surface area is 85.2 Å². The van der Waals surface area contributed by atoms with E-state index >= 15 is 0 Å². The van der Waals surface area contributed by atoms with Crippen LogP contribution in [0.5, 0.6) is 0 Å². The maximum absolute atomic E-state index is 11.2. The minimum absolute atomic E-state index is 0.00301. The summed E-state index contributed by atoms with van der Waals surface area (Å²) in [5.74, 6) is -0.00301. The molecule has 1 amide bonds. The molecule has 0 N–H and O–H groups in total. The third-order valence-corrected chi connectivity index (χ3v) is 2.45. The zero-order valence-electron chi connectivity index (χ0n) is 9.32. The van der Waals surface area contributed by atoms with Crippen LogP contribution in [0.4, 0.5) is 0 Å². The van der Waals surface area contributed by atoms with Crippen LogP contribution in [0, 0.1) is 0 Å². The highest BCUT2D eigenvalue weighted by atomic mass is 16.6. The third-order valence-electron chi connectivity index (χ3n) is 2.45. The Kier molecular flexibility index (Phi) is 3.89. The third kappa shape index (κ3) is 2.96. The Morgan fingerprint density at radius 3 is 2.57 bits per heavy atom. The number of carbonyl (C=O) groups is 1. The average molecular weight is 201 g/mol. The summed E-state index contributed by atoms with van der Waals surface area (Å²) >= 11 is 0. The highest BCUT2D eigenvalue weighted by Crippen LogP contribution is 2.22. The van der Waals surface area contributed by atoms with Crippen molar-refractivity contribution in [3.8, 4) is 0 Å². The quantitative estimate of drug-likeness (QED) is 0.673. The van der Waals surface area contributed by atoms with E-state index in [2.05, 4.69) is 0 Å². The van der Waals surface area contributed by atoms with E-state index in [1.807, 2.05) is 13.8 Å². The maximum atomic E-state index is 11.2. The predicted octanol–water partition coefficient (Wildman–Crippen LogP) is 0.657. The molecule has 3 atom stereocenters. The van der Waals surface area contributed by atoms with Gasteiger partial charge in [0.15, 0.2) is 0 Å². The van der Waals surface area contributed by atoms with Crippen molar-refractivity contribution < 1.29 is 14.3 Å². The van der Waals surface area contributed by atoms with Crippen molar-refractivity contribution >= 4 is 5.91 Å². The fraction of sp³-hybridized carbons (Fsp3) is 0.900. The Balaban J connectivity index is 2.28. The van der Waals surface area contributed by atoms with E-state index in [1.165, 1.54) is 4.90 Å². The molecule has 1 rings (SSSR count). The number of ether oxygens (including phenoxy) is 2. The number of hydrogen-bond donors (Lipinski definition) is 0. The van der Waals surface area contributed by atoms with Crippen molar-refractivity contribution in [3.05, 3.63) is 0 Å². The van der Waals surface area contributed by atoms with Crippen molar-refractivity contribution in [1.29, 1.82) is 0 Å². The van der Waals surface area contributed by atoms with Gasteiger partial charge in [0.2, 0.25) is 5.91 Å². The average Bonchev–Trinajstić information content (AvgIpc) is 2.40. The summed E-state index contributed by atoms with van der Waals surface area (Å²) in [6.45, 7) is 4.15. The fourth-order valence-corrected chi connectivity index (χ4v) is 1.54. The van der Waals surface area contributed by atoms with Crippen LogP contribution in [-0.2, 0) is 14.3 Å². The Morgan fingerprint density at radius 2 is 2.14 bits per heavy atom. The summed E-state index contributed by atoms with van der Waals surface area (Å²) in [6, 6.07) is 0. The lowest BCUT2D eigenvalue weighted by Crippen LogP contribution is -2.31. The number of carbonyl (C=O) groups excluding carboxylic acids is 1. The molecule has 0 spiro atoms. The van der Waals surface area contributed by atoms with Gasteiger partial charge in [0.25, 0.3) is 0 Å². The first-order chi connectivity index (χ1) is 6.50. The first-order valence-electron chi connectivity index (χ1n) is 4.98. The molecular formula is C10H19NO3. The molecule has 1 saturated heterocycles. The van der Waals surface area contributed by atoms with Crippen molar-refractivity contribution in [2.45, 2.75) is 38.6 Å². The molecule has 0 radical (unpaired) electrons. The molecule has 82 valence electrons. The van der Waals surface area contributed by atoms with E-state index in [-0.39, 0.29) is 30.8 Å². The van der Waals surface area contributed by atoms with E-state index in [0.29, 0.717) is 0 Å². The first kappa shape index (κ1) is 11.5. The maximum Gasteiger partial charge on any atom is 0.248 e. The smallest absolute Gasteiger partial charge is 0.248 e. The molecule has 0 aromatic heterocycles. The van der Waals surface area contributed by atoms with Crippen LogP contribution in [0.2, 0.25) is 0 Å². The molecule has 14 heavy (non-hydrogen) atoms. The lowest BCUT2D eigenvalue weighted by Gasteiger charge is -2.16. The van der Waals surface area contributed by atoms with Crippen molar-refractivity contribution in [2.24, 2.45) is 0 Å². The molecule has 0 aliphatic carbocycles. The molecule has 0 saturated carbocycles. The highest BCUT2D eigenvalue weighted by Gasteiger charge is 2.30. The van der Waals surface area contributed by atoms with Gasteiger partial charge in [-0.05, 0) is 13.8 Å². The SMILES string of the molecule is CC1C[C@@H](OCC(=O)N(C)C)[C@@H](C)O1. The summed E-state index contributed by atoms with van der Waals surface area (Å²) in [5, 5.41) is 0. The Hall–Kier alpha value is -0.610. The minimum Gasteiger partial charge on any atom is -0.373 e. The number of hydrogen-bond acceptors (Lipinski definition) is 3. The van der Waals surface area contributed by atoms with Gasteiger partial charge in [-0.25, -0.2) is 0 Å². The van der Waals surface area contributed by atoms with Crippen LogP contribution in [0.25, 0.3) is 0 Å². The molecule has 4 heteroatoms. The monoisotopic (exact) mass is 201 g/mol. The molecule has 1 aliphatic rings. The lowest BCUT2D eigenvalue weighted by molar-refractivity contribution is -0.136. The van der Waals surface area contributed by atoms with Gasteiger partial charge in [0.05, 0.1) is 18.3 Å². The topological polar surface area (TPSA) is 38.8 Å². The summed E-state index contributed by atoms with van der Waals surface area (Å²) < 4.78 is 11.0.